The van der Waals surface area contributed by atoms with Crippen molar-refractivity contribution < 1.29 is 4.42 Å². The number of aliphatic imine (C=N–C) groups is 2. The Bertz CT molecular complexity index is 1050. The van der Waals surface area contributed by atoms with Gasteiger partial charge in [0.05, 0.1) is 6.54 Å². The molecule has 0 atom stereocenters. The van der Waals surface area contributed by atoms with Crippen molar-refractivity contribution in [3.05, 3.63) is 83.9 Å². The van der Waals surface area contributed by atoms with Crippen molar-refractivity contribution in [1.29, 1.82) is 0 Å². The molecule has 3 aromatic carbocycles. The van der Waals surface area contributed by atoms with Gasteiger partial charge < -0.3 is 4.42 Å². The lowest BCUT2D eigenvalue weighted by Gasteiger charge is -2.02. The monoisotopic (exact) mass is 362 g/mol. The van der Waals surface area contributed by atoms with Crippen LogP contribution in [-0.2, 0) is 6.54 Å². The summed E-state index contributed by atoms with van der Waals surface area (Å²) in [5, 5.41) is 2.22. The van der Waals surface area contributed by atoms with E-state index in [1.165, 1.54) is 6.38 Å². The molecular formula is C22H19ClN2O. The van der Waals surface area contributed by atoms with Crippen molar-refractivity contribution in [3.63, 3.8) is 0 Å². The number of para-hydroxylation sites is 1. The van der Waals surface area contributed by atoms with Gasteiger partial charge >= 0.3 is 0 Å². The normalized spacial score (nSPS) is 11.2. The molecule has 0 aliphatic heterocycles. The summed E-state index contributed by atoms with van der Waals surface area (Å²) in [6.45, 7) is 4.24. The summed E-state index contributed by atoms with van der Waals surface area (Å²) in [6, 6.07) is 24.2. The average molecular weight is 363 g/mol. The fourth-order valence-electron chi connectivity index (χ4n) is 2.85. The molecule has 1 heterocycles. The van der Waals surface area contributed by atoms with Crippen LogP contribution in [0, 0.1) is 0 Å². The fraction of sp³-hybridized carbons (Fsp3) is 0.0909. The van der Waals surface area contributed by atoms with E-state index in [9.17, 15) is 0 Å². The Hall–Kier alpha value is -2.91. The smallest absolute Gasteiger partial charge is 0.154 e. The Morgan fingerprint density at radius 1 is 0.885 bits per heavy atom. The maximum Gasteiger partial charge on any atom is 0.154 e. The van der Waals surface area contributed by atoms with Gasteiger partial charge in [-0.2, -0.15) is 0 Å². The molecule has 0 spiro atoms. The first-order valence-corrected chi connectivity index (χ1v) is 8.95. The standard InChI is InChI=1S/C21H16N2O.CH3Cl/c1-22-21(23-14-15-7-3-2-4-8-15)16-11-12-18-17-9-5-6-10-19(17)24-20(18)13-16;1-2/h2-13H,1,14H2;1H3. The predicted octanol–water partition coefficient (Wildman–Crippen LogP) is 6.09. The van der Waals surface area contributed by atoms with Gasteiger partial charge in [0.1, 0.15) is 11.2 Å². The van der Waals surface area contributed by atoms with Crippen LogP contribution >= 0.6 is 11.6 Å². The number of furan rings is 1. The van der Waals surface area contributed by atoms with Gasteiger partial charge in [-0.3, -0.25) is 4.99 Å². The lowest BCUT2D eigenvalue weighted by Crippen LogP contribution is -1.97. The number of fused-ring (bicyclic) bond motifs is 3. The van der Waals surface area contributed by atoms with Crippen LogP contribution in [0.5, 0.6) is 0 Å². The molecule has 130 valence electrons. The third-order valence-electron chi connectivity index (χ3n) is 4.04. The fourth-order valence-corrected chi connectivity index (χ4v) is 2.85. The summed E-state index contributed by atoms with van der Waals surface area (Å²) < 4.78 is 5.93. The number of amidine groups is 1. The molecule has 4 rings (SSSR count). The molecule has 0 N–H and O–H groups in total. The summed E-state index contributed by atoms with van der Waals surface area (Å²) >= 11 is 4.64. The molecule has 1 aromatic heterocycles. The van der Waals surface area contributed by atoms with E-state index in [2.05, 4.69) is 40.4 Å². The first-order chi connectivity index (χ1) is 12.8. The van der Waals surface area contributed by atoms with Crippen molar-refractivity contribution in [2.24, 2.45) is 9.98 Å². The number of alkyl halides is 1. The Balaban J connectivity index is 0.000000948. The minimum atomic E-state index is 0.577. The number of nitrogens with zero attached hydrogens (tertiary/aromatic N) is 2. The van der Waals surface area contributed by atoms with Gasteiger partial charge in [0.2, 0.25) is 0 Å². The highest BCUT2D eigenvalue weighted by Gasteiger charge is 2.09. The molecule has 0 fully saturated rings. The summed E-state index contributed by atoms with van der Waals surface area (Å²) in [5.41, 5.74) is 3.78. The van der Waals surface area contributed by atoms with Crippen LogP contribution in [0.15, 0.2) is 87.2 Å². The second kappa shape index (κ2) is 8.45. The van der Waals surface area contributed by atoms with Crippen LogP contribution in [0.4, 0.5) is 0 Å². The van der Waals surface area contributed by atoms with Gasteiger partial charge in [-0.15, -0.1) is 11.6 Å². The summed E-state index contributed by atoms with van der Waals surface area (Å²) in [4.78, 5) is 8.68. The van der Waals surface area contributed by atoms with Gasteiger partial charge in [0, 0.05) is 22.7 Å². The highest BCUT2D eigenvalue weighted by Crippen LogP contribution is 2.29. The molecule has 4 heteroatoms. The van der Waals surface area contributed by atoms with E-state index in [0.717, 1.165) is 33.1 Å². The highest BCUT2D eigenvalue weighted by molar-refractivity contribution is 6.15. The molecule has 0 aliphatic carbocycles. The zero-order chi connectivity index (χ0) is 18.4. The zero-order valence-electron chi connectivity index (χ0n) is 14.5. The minimum Gasteiger partial charge on any atom is -0.456 e. The van der Waals surface area contributed by atoms with Crippen molar-refractivity contribution in [1.82, 2.24) is 0 Å². The molecule has 0 saturated carbocycles. The third kappa shape index (κ3) is 3.68. The van der Waals surface area contributed by atoms with E-state index in [0.29, 0.717) is 12.4 Å². The second-order valence-electron chi connectivity index (χ2n) is 5.59. The van der Waals surface area contributed by atoms with Gasteiger partial charge in [-0.1, -0.05) is 54.6 Å². The lowest BCUT2D eigenvalue weighted by atomic mass is 10.1. The summed E-state index contributed by atoms with van der Waals surface area (Å²) in [7, 11) is 0. The number of halogens is 1. The van der Waals surface area contributed by atoms with Crippen LogP contribution in [0.3, 0.4) is 0 Å². The average Bonchev–Trinajstić information content (AvgIpc) is 3.09. The maximum atomic E-state index is 5.93. The van der Waals surface area contributed by atoms with E-state index in [4.69, 9.17) is 4.42 Å². The van der Waals surface area contributed by atoms with E-state index in [1.54, 1.807) is 0 Å². The quantitative estimate of drug-likeness (QED) is 0.247. The van der Waals surface area contributed by atoms with Crippen LogP contribution < -0.4 is 0 Å². The molecule has 0 radical (unpaired) electrons. The van der Waals surface area contributed by atoms with Gasteiger partial charge in [0.25, 0.3) is 0 Å². The second-order valence-corrected chi connectivity index (χ2v) is 5.59. The van der Waals surface area contributed by atoms with Crippen molar-refractivity contribution in [2.45, 2.75) is 6.54 Å². The third-order valence-corrected chi connectivity index (χ3v) is 4.04. The van der Waals surface area contributed by atoms with Gasteiger partial charge in [-0.05, 0) is 30.5 Å². The molecular weight excluding hydrogens is 344 g/mol. The number of rotatable bonds is 3. The largest absolute Gasteiger partial charge is 0.456 e. The lowest BCUT2D eigenvalue weighted by molar-refractivity contribution is 0.669. The zero-order valence-corrected chi connectivity index (χ0v) is 15.3. The van der Waals surface area contributed by atoms with Crippen LogP contribution in [0.1, 0.15) is 11.1 Å². The van der Waals surface area contributed by atoms with Crippen LogP contribution in [0.2, 0.25) is 0 Å². The SMILES string of the molecule is C=NC(=NCc1ccccc1)c1ccc2c(c1)oc1ccccc12.CCl. The first-order valence-electron chi connectivity index (χ1n) is 8.20. The first kappa shape index (κ1) is 17.9. The minimum absolute atomic E-state index is 0.577. The van der Waals surface area contributed by atoms with E-state index >= 15 is 0 Å². The Labute approximate surface area is 157 Å². The van der Waals surface area contributed by atoms with E-state index in [-0.39, 0.29) is 0 Å². The van der Waals surface area contributed by atoms with Gasteiger partial charge in [0.15, 0.2) is 5.84 Å². The summed E-state index contributed by atoms with van der Waals surface area (Å²) in [6.07, 6.45) is 1.47. The summed E-state index contributed by atoms with van der Waals surface area (Å²) in [5.74, 6) is 0.626. The highest BCUT2D eigenvalue weighted by atomic mass is 35.5. The molecule has 0 unspecified atom stereocenters. The Morgan fingerprint density at radius 2 is 1.58 bits per heavy atom. The molecule has 26 heavy (non-hydrogen) atoms. The Kier molecular flexibility index (Phi) is 5.82. The molecule has 0 amide bonds. The molecule has 4 aromatic rings. The Morgan fingerprint density at radius 3 is 2.35 bits per heavy atom. The van der Waals surface area contributed by atoms with Crippen LogP contribution in [0.25, 0.3) is 21.9 Å². The maximum absolute atomic E-state index is 5.93. The molecule has 0 aliphatic rings. The number of hydrogen-bond acceptors (Lipinski definition) is 2. The number of hydrogen-bond donors (Lipinski definition) is 0. The molecule has 3 nitrogen and oxygen atoms in total. The van der Waals surface area contributed by atoms with E-state index < -0.39 is 0 Å². The van der Waals surface area contributed by atoms with Crippen molar-refractivity contribution in [3.8, 4) is 0 Å². The van der Waals surface area contributed by atoms with E-state index in [1.807, 2.05) is 60.7 Å². The molecule has 0 saturated heterocycles. The van der Waals surface area contributed by atoms with Gasteiger partial charge in [-0.25, -0.2) is 4.99 Å². The topological polar surface area (TPSA) is 37.9 Å². The predicted molar refractivity (Wildman–Crippen MR) is 112 cm³/mol. The van der Waals surface area contributed by atoms with Crippen molar-refractivity contribution in [2.75, 3.05) is 6.38 Å². The van der Waals surface area contributed by atoms with Crippen LogP contribution in [-0.4, -0.2) is 18.9 Å². The number of benzene rings is 3. The molecule has 0 bridgehead atoms. The van der Waals surface area contributed by atoms with Crippen molar-refractivity contribution >= 4 is 46.1 Å².